The molecule has 1 heterocycles. The van der Waals surface area contributed by atoms with Crippen LogP contribution in [-0.4, -0.2) is 23.3 Å². The second kappa shape index (κ2) is 11.1. The zero-order valence-electron chi connectivity index (χ0n) is 15.5. The Kier molecular flexibility index (Phi) is 8.85. The van der Waals surface area contributed by atoms with E-state index in [0.29, 0.717) is 6.42 Å². The summed E-state index contributed by atoms with van der Waals surface area (Å²) in [6, 6.07) is 10.7. The first-order valence-corrected chi connectivity index (χ1v) is 11.2. The van der Waals surface area contributed by atoms with Gasteiger partial charge in [0.05, 0.1) is 18.8 Å². The van der Waals surface area contributed by atoms with Crippen LogP contribution in [0.25, 0.3) is 0 Å². The molecule has 0 bridgehead atoms. The van der Waals surface area contributed by atoms with Crippen LogP contribution >= 0.6 is 0 Å². The molecule has 0 aliphatic rings. The zero-order valence-corrected chi connectivity index (χ0v) is 16.3. The highest BCUT2D eigenvalue weighted by Gasteiger charge is 2.06. The third kappa shape index (κ3) is 9.15. The minimum absolute atomic E-state index is 0.154. The van der Waals surface area contributed by atoms with Gasteiger partial charge in [0.15, 0.2) is 0 Å². The van der Waals surface area contributed by atoms with Gasteiger partial charge in [-0.2, -0.15) is 8.42 Å². The molecule has 26 heavy (non-hydrogen) atoms. The van der Waals surface area contributed by atoms with Crippen LogP contribution in [0, 0.1) is 0 Å². The van der Waals surface area contributed by atoms with Gasteiger partial charge in [0.25, 0.3) is 10.1 Å². The first-order valence-electron chi connectivity index (χ1n) is 9.57. The molecular formula is C20H31N2O3S+. The van der Waals surface area contributed by atoms with E-state index < -0.39 is 10.1 Å². The maximum atomic E-state index is 10.7. The largest absolute Gasteiger partial charge is 0.286 e. The molecular weight excluding hydrogens is 348 g/mol. The highest BCUT2D eigenvalue weighted by molar-refractivity contribution is 7.85. The maximum absolute atomic E-state index is 10.7. The first-order chi connectivity index (χ1) is 12.5. The molecule has 0 fully saturated rings. The quantitative estimate of drug-likeness (QED) is 0.328. The van der Waals surface area contributed by atoms with Crippen molar-refractivity contribution in [3.63, 3.8) is 0 Å². The second-order valence-corrected chi connectivity index (χ2v) is 8.46. The lowest BCUT2D eigenvalue weighted by molar-refractivity contribution is -0.696. The summed E-state index contributed by atoms with van der Waals surface area (Å²) in [5.74, 6) is -0.154. The number of hydrogen-bond donors (Lipinski definition) is 1. The standard InChI is InChI=1S/C20H30N2O3S/c23-26(24,25)18-10-9-15-22-17-16-21(19-22)14-8-3-1-2-5-11-20-12-6-4-7-13-20/h4,6-7,12-13,16-17,19H,1-3,5,8-11,14-15,18H2/p+1. The highest BCUT2D eigenvalue weighted by atomic mass is 32.2. The number of imidazole rings is 1. The number of unbranched alkanes of at least 4 members (excludes halogenated alkanes) is 5. The van der Waals surface area contributed by atoms with Crippen molar-refractivity contribution >= 4 is 10.1 Å². The lowest BCUT2D eigenvalue weighted by atomic mass is 10.1. The van der Waals surface area contributed by atoms with Crippen molar-refractivity contribution in [2.75, 3.05) is 5.75 Å². The number of rotatable bonds is 13. The predicted octanol–water partition coefficient (Wildman–Crippen LogP) is 3.64. The van der Waals surface area contributed by atoms with Crippen molar-refractivity contribution in [3.8, 4) is 0 Å². The molecule has 1 aromatic carbocycles. The lowest BCUT2D eigenvalue weighted by Gasteiger charge is -2.02. The molecule has 5 nitrogen and oxygen atoms in total. The van der Waals surface area contributed by atoms with E-state index in [2.05, 4.69) is 52.0 Å². The average Bonchev–Trinajstić information content (AvgIpc) is 3.06. The predicted molar refractivity (Wildman–Crippen MR) is 104 cm³/mol. The van der Waals surface area contributed by atoms with E-state index in [1.54, 1.807) is 0 Å². The second-order valence-electron chi connectivity index (χ2n) is 6.89. The van der Waals surface area contributed by atoms with Crippen molar-refractivity contribution in [2.24, 2.45) is 0 Å². The Morgan fingerprint density at radius 2 is 1.65 bits per heavy atom. The van der Waals surface area contributed by atoms with Crippen LogP contribution < -0.4 is 4.57 Å². The van der Waals surface area contributed by atoms with Gasteiger partial charge in [-0.1, -0.05) is 43.2 Å². The van der Waals surface area contributed by atoms with Crippen molar-refractivity contribution in [1.82, 2.24) is 4.57 Å². The van der Waals surface area contributed by atoms with Gasteiger partial charge in [-0.3, -0.25) is 4.55 Å². The molecule has 0 aliphatic carbocycles. The summed E-state index contributed by atoms with van der Waals surface area (Å²) in [5, 5.41) is 0. The van der Waals surface area contributed by atoms with Crippen LogP contribution in [0.3, 0.4) is 0 Å². The van der Waals surface area contributed by atoms with E-state index in [-0.39, 0.29) is 5.75 Å². The van der Waals surface area contributed by atoms with Crippen LogP contribution in [0.15, 0.2) is 49.1 Å². The Morgan fingerprint density at radius 1 is 0.923 bits per heavy atom. The van der Waals surface area contributed by atoms with E-state index in [1.807, 2.05) is 6.20 Å². The minimum Gasteiger partial charge on any atom is -0.286 e. The van der Waals surface area contributed by atoms with Gasteiger partial charge in [0, 0.05) is 0 Å². The third-order valence-corrected chi connectivity index (χ3v) is 5.34. The molecule has 0 unspecified atom stereocenters. The maximum Gasteiger partial charge on any atom is 0.264 e. The molecule has 0 saturated heterocycles. The van der Waals surface area contributed by atoms with Gasteiger partial charge in [0.2, 0.25) is 6.33 Å². The van der Waals surface area contributed by atoms with E-state index in [0.717, 1.165) is 19.5 Å². The van der Waals surface area contributed by atoms with Crippen molar-refractivity contribution in [1.29, 1.82) is 0 Å². The lowest BCUT2D eigenvalue weighted by Crippen LogP contribution is -2.30. The molecule has 1 N–H and O–H groups in total. The van der Waals surface area contributed by atoms with Crippen molar-refractivity contribution in [3.05, 3.63) is 54.6 Å². The summed E-state index contributed by atoms with van der Waals surface area (Å²) in [6.45, 7) is 1.80. The fraction of sp³-hybridized carbons (Fsp3) is 0.550. The van der Waals surface area contributed by atoms with E-state index >= 15 is 0 Å². The van der Waals surface area contributed by atoms with Gasteiger partial charge in [0.1, 0.15) is 12.4 Å². The van der Waals surface area contributed by atoms with Gasteiger partial charge in [-0.05, 0) is 44.1 Å². The molecule has 2 aromatic rings. The first kappa shape index (κ1) is 20.6. The Hall–Kier alpha value is -1.66. The number of hydrogen-bond acceptors (Lipinski definition) is 2. The van der Waals surface area contributed by atoms with Gasteiger partial charge < -0.3 is 0 Å². The smallest absolute Gasteiger partial charge is 0.264 e. The summed E-state index contributed by atoms with van der Waals surface area (Å²) in [4.78, 5) is 0. The number of aryl methyl sites for hydroxylation is 3. The van der Waals surface area contributed by atoms with Crippen LogP contribution in [-0.2, 0) is 29.6 Å². The average molecular weight is 380 g/mol. The van der Waals surface area contributed by atoms with Gasteiger partial charge in [-0.15, -0.1) is 0 Å². The third-order valence-electron chi connectivity index (χ3n) is 4.54. The molecule has 0 atom stereocenters. The van der Waals surface area contributed by atoms with Gasteiger partial charge >= 0.3 is 0 Å². The van der Waals surface area contributed by atoms with E-state index in [1.165, 1.54) is 44.1 Å². The van der Waals surface area contributed by atoms with Gasteiger partial charge in [-0.25, -0.2) is 9.13 Å². The summed E-state index contributed by atoms with van der Waals surface area (Å²) in [7, 11) is -3.83. The van der Waals surface area contributed by atoms with E-state index in [9.17, 15) is 8.42 Å². The summed E-state index contributed by atoms with van der Waals surface area (Å²) in [5.41, 5.74) is 1.43. The van der Waals surface area contributed by atoms with Crippen LogP contribution in [0.2, 0.25) is 0 Å². The van der Waals surface area contributed by atoms with Crippen LogP contribution in [0.1, 0.15) is 50.5 Å². The summed E-state index contributed by atoms with van der Waals surface area (Å²) < 4.78 is 34.3. The molecule has 6 heteroatoms. The van der Waals surface area contributed by atoms with Crippen LogP contribution in [0.5, 0.6) is 0 Å². The Bertz CT molecular complexity index is 727. The SMILES string of the molecule is O=S(=O)(O)CCCCn1cc[n+](CCCCCCCc2ccccc2)c1. The normalized spacial score (nSPS) is 11.7. The fourth-order valence-electron chi connectivity index (χ4n) is 3.08. The summed E-state index contributed by atoms with van der Waals surface area (Å²) in [6.07, 6.45) is 14.8. The Balaban J connectivity index is 1.50. The Morgan fingerprint density at radius 3 is 2.42 bits per heavy atom. The molecule has 0 spiro atoms. The highest BCUT2D eigenvalue weighted by Crippen LogP contribution is 2.08. The van der Waals surface area contributed by atoms with Crippen molar-refractivity contribution in [2.45, 2.75) is 64.5 Å². The minimum atomic E-state index is -3.83. The zero-order chi connectivity index (χ0) is 18.7. The fourth-order valence-corrected chi connectivity index (χ4v) is 3.65. The number of aromatic nitrogens is 2. The molecule has 0 amide bonds. The molecule has 2 rings (SSSR count). The monoisotopic (exact) mass is 379 g/mol. The topological polar surface area (TPSA) is 63.2 Å². The number of nitrogens with zero attached hydrogens (tertiary/aromatic N) is 2. The summed E-state index contributed by atoms with van der Waals surface area (Å²) >= 11 is 0. The number of benzene rings is 1. The van der Waals surface area contributed by atoms with E-state index in [4.69, 9.17) is 4.55 Å². The molecule has 144 valence electrons. The van der Waals surface area contributed by atoms with Crippen LogP contribution in [0.4, 0.5) is 0 Å². The molecule has 1 aromatic heterocycles. The molecule has 0 aliphatic heterocycles. The molecule has 0 radical (unpaired) electrons. The molecule has 0 saturated carbocycles. The Labute approximate surface area is 157 Å². The van der Waals surface area contributed by atoms with Crippen molar-refractivity contribution < 1.29 is 17.5 Å².